The van der Waals surface area contributed by atoms with E-state index in [0.29, 0.717) is 4.91 Å². The third-order valence-corrected chi connectivity index (χ3v) is 5.47. The molecule has 84 valence electrons. The maximum Gasteiger partial charge on any atom is 0.342 e. The van der Waals surface area contributed by atoms with Gasteiger partial charge in [0.25, 0.3) is 0 Å². The molecule has 16 heavy (non-hydrogen) atoms. The van der Waals surface area contributed by atoms with Gasteiger partial charge in [-0.05, 0) is 42.9 Å². The van der Waals surface area contributed by atoms with Crippen molar-refractivity contribution < 1.29 is 9.90 Å². The van der Waals surface area contributed by atoms with E-state index in [-0.39, 0.29) is 0 Å². The van der Waals surface area contributed by atoms with Crippen molar-refractivity contribution >= 4 is 35.1 Å². The van der Waals surface area contributed by atoms with Crippen LogP contribution in [0.15, 0.2) is 4.91 Å². The number of carboxylic acids is 1. The van der Waals surface area contributed by atoms with Crippen LogP contribution in [0.3, 0.4) is 0 Å². The number of thiophene rings is 1. The van der Waals surface area contributed by atoms with Crippen LogP contribution in [0.2, 0.25) is 0 Å². The van der Waals surface area contributed by atoms with Crippen LogP contribution in [0.4, 0.5) is 0 Å². The zero-order chi connectivity index (χ0) is 11.1. The molecule has 0 bridgehead atoms. The smallest absolute Gasteiger partial charge is 0.342 e. The highest BCUT2D eigenvalue weighted by Gasteiger charge is 2.24. The zero-order valence-corrected chi connectivity index (χ0v) is 10.4. The van der Waals surface area contributed by atoms with Crippen LogP contribution >= 0.6 is 23.1 Å². The summed E-state index contributed by atoms with van der Waals surface area (Å²) in [4.78, 5) is 14.1. The molecule has 0 atom stereocenters. The predicted molar refractivity (Wildman–Crippen MR) is 67.9 cm³/mol. The standard InChI is InChI=1S/C12H12O2S2/c13-12(14)11-5-10-8(6-15-11)7-3-1-2-4-9(7)16-10/h5H,1-4,6H2,(H,13,14). The van der Waals surface area contributed by atoms with Gasteiger partial charge in [-0.1, -0.05) is 0 Å². The normalized spacial score (nSPS) is 18.6. The van der Waals surface area contributed by atoms with Gasteiger partial charge < -0.3 is 5.11 Å². The van der Waals surface area contributed by atoms with Gasteiger partial charge in [-0.2, -0.15) is 0 Å². The lowest BCUT2D eigenvalue weighted by atomic mass is 9.95. The maximum absolute atomic E-state index is 10.9. The fourth-order valence-corrected chi connectivity index (χ4v) is 4.84. The highest BCUT2D eigenvalue weighted by Crippen LogP contribution is 2.42. The number of hydrogen-bond acceptors (Lipinski definition) is 3. The number of aryl methyl sites for hydroxylation is 1. The third-order valence-electron chi connectivity index (χ3n) is 3.16. The Kier molecular flexibility index (Phi) is 2.56. The number of thioether (sulfide) groups is 1. The van der Waals surface area contributed by atoms with Crippen molar-refractivity contribution in [2.75, 3.05) is 0 Å². The molecule has 0 amide bonds. The topological polar surface area (TPSA) is 37.3 Å². The Bertz CT molecular complexity index is 485. The summed E-state index contributed by atoms with van der Waals surface area (Å²) >= 11 is 3.27. The molecule has 1 aromatic heterocycles. The summed E-state index contributed by atoms with van der Waals surface area (Å²) in [6, 6.07) is 0. The molecule has 0 fully saturated rings. The van der Waals surface area contributed by atoms with Crippen LogP contribution in [0.1, 0.15) is 33.7 Å². The minimum atomic E-state index is -0.790. The largest absolute Gasteiger partial charge is 0.477 e. The molecule has 2 nitrogen and oxygen atoms in total. The average Bonchev–Trinajstić information content (AvgIpc) is 2.66. The first-order chi connectivity index (χ1) is 7.75. The first kappa shape index (κ1) is 10.4. The Labute approximate surface area is 102 Å². The van der Waals surface area contributed by atoms with E-state index in [4.69, 9.17) is 5.11 Å². The van der Waals surface area contributed by atoms with E-state index >= 15 is 0 Å². The molecule has 2 aliphatic rings. The summed E-state index contributed by atoms with van der Waals surface area (Å²) in [5.74, 6) is 0.0567. The number of hydrogen-bond donors (Lipinski definition) is 1. The first-order valence-electron chi connectivity index (χ1n) is 5.47. The van der Waals surface area contributed by atoms with Crippen molar-refractivity contribution in [1.29, 1.82) is 0 Å². The van der Waals surface area contributed by atoms with Crippen molar-refractivity contribution in [3.05, 3.63) is 25.8 Å². The summed E-state index contributed by atoms with van der Waals surface area (Å²) in [5.41, 5.74) is 2.94. The molecular formula is C12H12O2S2. The van der Waals surface area contributed by atoms with Crippen LogP contribution in [-0.2, 0) is 23.4 Å². The predicted octanol–water partition coefficient (Wildman–Crippen LogP) is 3.30. The lowest BCUT2D eigenvalue weighted by Crippen LogP contribution is -2.04. The van der Waals surface area contributed by atoms with Gasteiger partial charge in [-0.3, -0.25) is 0 Å². The number of aliphatic carboxylic acids is 1. The van der Waals surface area contributed by atoms with Crippen LogP contribution in [0, 0.1) is 0 Å². The van der Waals surface area contributed by atoms with Gasteiger partial charge in [0, 0.05) is 15.5 Å². The third kappa shape index (κ3) is 1.60. The molecule has 2 heterocycles. The Morgan fingerprint density at radius 1 is 1.25 bits per heavy atom. The van der Waals surface area contributed by atoms with E-state index in [1.807, 2.05) is 6.08 Å². The summed E-state index contributed by atoms with van der Waals surface area (Å²) in [7, 11) is 0. The second-order valence-corrected chi connectivity index (χ2v) is 6.31. The van der Waals surface area contributed by atoms with Gasteiger partial charge >= 0.3 is 5.97 Å². The fraction of sp³-hybridized carbons (Fsp3) is 0.417. The van der Waals surface area contributed by atoms with E-state index in [9.17, 15) is 4.79 Å². The van der Waals surface area contributed by atoms with Crippen LogP contribution in [0.5, 0.6) is 0 Å². The number of carboxylic acid groups (broad SMARTS) is 1. The van der Waals surface area contributed by atoms with Crippen molar-refractivity contribution in [2.24, 2.45) is 0 Å². The van der Waals surface area contributed by atoms with E-state index < -0.39 is 5.97 Å². The summed E-state index contributed by atoms with van der Waals surface area (Å²) < 4.78 is 0. The molecular weight excluding hydrogens is 240 g/mol. The van der Waals surface area contributed by atoms with Gasteiger partial charge in [0.05, 0.1) is 4.91 Å². The molecule has 1 N–H and O–H groups in total. The van der Waals surface area contributed by atoms with E-state index in [2.05, 4.69) is 0 Å². The van der Waals surface area contributed by atoms with Gasteiger partial charge in [0.1, 0.15) is 0 Å². The fourth-order valence-electron chi connectivity index (χ4n) is 2.36. The van der Waals surface area contributed by atoms with Crippen molar-refractivity contribution in [2.45, 2.75) is 31.4 Å². The second kappa shape index (κ2) is 3.93. The molecule has 1 aliphatic heterocycles. The number of rotatable bonds is 1. The SMILES string of the molecule is O=C(O)C1=Cc2sc3c(c2CS1)CCCC3. The molecule has 0 spiro atoms. The minimum absolute atomic E-state index is 0.492. The Balaban J connectivity index is 2.07. The quantitative estimate of drug-likeness (QED) is 0.833. The molecule has 0 unspecified atom stereocenters. The highest BCUT2D eigenvalue weighted by atomic mass is 32.2. The second-order valence-electron chi connectivity index (χ2n) is 4.16. The van der Waals surface area contributed by atoms with E-state index in [0.717, 1.165) is 5.75 Å². The monoisotopic (exact) mass is 252 g/mol. The van der Waals surface area contributed by atoms with E-state index in [1.165, 1.54) is 58.3 Å². The van der Waals surface area contributed by atoms with Crippen LogP contribution < -0.4 is 0 Å². The van der Waals surface area contributed by atoms with Gasteiger partial charge in [-0.25, -0.2) is 4.79 Å². The van der Waals surface area contributed by atoms with Crippen LogP contribution in [-0.4, -0.2) is 11.1 Å². The lowest BCUT2D eigenvalue weighted by molar-refractivity contribution is -0.131. The number of fused-ring (bicyclic) bond motifs is 3. The zero-order valence-electron chi connectivity index (χ0n) is 8.78. The Hall–Kier alpha value is -0.740. The Morgan fingerprint density at radius 3 is 2.88 bits per heavy atom. The highest BCUT2D eigenvalue weighted by molar-refractivity contribution is 8.03. The van der Waals surface area contributed by atoms with Crippen molar-refractivity contribution in [1.82, 2.24) is 0 Å². The molecule has 0 aromatic carbocycles. The molecule has 1 aliphatic carbocycles. The van der Waals surface area contributed by atoms with Crippen molar-refractivity contribution in [3.63, 3.8) is 0 Å². The summed E-state index contributed by atoms with van der Waals surface area (Å²) in [5, 5.41) is 8.98. The van der Waals surface area contributed by atoms with E-state index in [1.54, 1.807) is 11.3 Å². The van der Waals surface area contributed by atoms with Crippen LogP contribution in [0.25, 0.3) is 6.08 Å². The number of carbonyl (C=O) groups is 1. The van der Waals surface area contributed by atoms with Gasteiger partial charge in [0.2, 0.25) is 0 Å². The first-order valence-corrected chi connectivity index (χ1v) is 7.27. The van der Waals surface area contributed by atoms with Crippen molar-refractivity contribution in [3.8, 4) is 0 Å². The lowest BCUT2D eigenvalue weighted by Gasteiger charge is -2.14. The maximum atomic E-state index is 10.9. The molecule has 0 saturated heterocycles. The molecule has 0 saturated carbocycles. The molecule has 3 rings (SSSR count). The summed E-state index contributed by atoms with van der Waals surface area (Å²) in [6.45, 7) is 0. The van der Waals surface area contributed by atoms with Gasteiger partial charge in [-0.15, -0.1) is 23.1 Å². The molecule has 1 aromatic rings. The molecule has 4 heteroatoms. The van der Waals surface area contributed by atoms with Gasteiger partial charge in [0.15, 0.2) is 0 Å². The Morgan fingerprint density at radius 2 is 2.06 bits per heavy atom. The summed E-state index contributed by atoms with van der Waals surface area (Å²) in [6.07, 6.45) is 6.81. The molecule has 0 radical (unpaired) electrons. The average molecular weight is 252 g/mol. The minimum Gasteiger partial charge on any atom is -0.477 e.